The first-order valence-electron chi connectivity index (χ1n) is 3.89. The topological polar surface area (TPSA) is 65.3 Å². The van der Waals surface area contributed by atoms with Crippen molar-refractivity contribution in [3.05, 3.63) is 25.6 Å². The van der Waals surface area contributed by atoms with E-state index in [4.69, 9.17) is 0 Å². The van der Waals surface area contributed by atoms with Crippen molar-refractivity contribution in [3.63, 3.8) is 0 Å². The van der Waals surface area contributed by atoms with Gasteiger partial charge in [0.05, 0.1) is 11.1 Å². The summed E-state index contributed by atoms with van der Waals surface area (Å²) in [5, 5.41) is 10.6. The molecule has 0 bridgehead atoms. The fraction of sp³-hybridized carbons (Fsp3) is 0.286. The van der Waals surface area contributed by atoms with Crippen LogP contribution in [0.3, 0.4) is 0 Å². The Morgan fingerprint density at radius 2 is 2.12 bits per heavy atom. The van der Waals surface area contributed by atoms with Gasteiger partial charge in [0, 0.05) is 0 Å². The summed E-state index contributed by atoms with van der Waals surface area (Å²) >= 11 is 1.42. The Bertz CT molecular complexity index is 451. The van der Waals surface area contributed by atoms with Crippen molar-refractivity contribution >= 4 is 28.3 Å². The van der Waals surface area contributed by atoms with Gasteiger partial charge in [0.1, 0.15) is 12.2 Å². The molecule has 10 heteroatoms. The zero-order chi connectivity index (χ0) is 13.2. The standard InChI is InChI=1S/C7H3F4IN2O3/c8-1-3-4(17-7(9,10)11)2-13-6(12)5(3)14(15)16/h2H,1H2. The van der Waals surface area contributed by atoms with E-state index in [0.29, 0.717) is 6.20 Å². The summed E-state index contributed by atoms with van der Waals surface area (Å²) in [5.74, 6) is -1.01. The third-order valence-electron chi connectivity index (χ3n) is 1.62. The van der Waals surface area contributed by atoms with Gasteiger partial charge in [-0.25, -0.2) is 9.37 Å². The average Bonchev–Trinajstić information content (AvgIpc) is 2.17. The van der Waals surface area contributed by atoms with Crippen molar-refractivity contribution in [1.82, 2.24) is 4.98 Å². The van der Waals surface area contributed by atoms with E-state index in [1.54, 1.807) is 0 Å². The first-order valence-corrected chi connectivity index (χ1v) is 4.97. The summed E-state index contributed by atoms with van der Waals surface area (Å²) in [4.78, 5) is 12.9. The van der Waals surface area contributed by atoms with E-state index in [1.807, 2.05) is 0 Å². The smallest absolute Gasteiger partial charge is 0.403 e. The zero-order valence-corrected chi connectivity index (χ0v) is 9.95. The van der Waals surface area contributed by atoms with Crippen LogP contribution in [-0.4, -0.2) is 16.3 Å². The monoisotopic (exact) mass is 366 g/mol. The molecule has 0 spiro atoms. The fourth-order valence-electron chi connectivity index (χ4n) is 1.02. The third kappa shape index (κ3) is 3.38. The second-order valence-corrected chi connectivity index (χ2v) is 3.70. The van der Waals surface area contributed by atoms with E-state index in [2.05, 4.69) is 9.72 Å². The Hall–Kier alpha value is -1.20. The number of aromatic nitrogens is 1. The molecule has 0 saturated heterocycles. The van der Waals surface area contributed by atoms with Crippen molar-refractivity contribution in [2.75, 3.05) is 0 Å². The van der Waals surface area contributed by atoms with Crippen molar-refractivity contribution in [2.24, 2.45) is 0 Å². The van der Waals surface area contributed by atoms with Crippen molar-refractivity contribution in [1.29, 1.82) is 0 Å². The van der Waals surface area contributed by atoms with Crippen LogP contribution in [0.1, 0.15) is 5.56 Å². The molecule has 0 aliphatic heterocycles. The van der Waals surface area contributed by atoms with Gasteiger partial charge < -0.3 is 4.74 Å². The predicted molar refractivity (Wildman–Crippen MR) is 55.1 cm³/mol. The molecule has 1 heterocycles. The molecular formula is C7H3F4IN2O3. The molecule has 94 valence electrons. The second-order valence-electron chi connectivity index (χ2n) is 2.68. The van der Waals surface area contributed by atoms with Crippen LogP contribution in [0, 0.1) is 13.8 Å². The lowest BCUT2D eigenvalue weighted by molar-refractivity contribution is -0.387. The molecule has 1 aromatic heterocycles. The normalized spacial score (nSPS) is 11.4. The molecule has 5 nitrogen and oxygen atoms in total. The largest absolute Gasteiger partial charge is 0.573 e. The van der Waals surface area contributed by atoms with Gasteiger partial charge in [-0.05, 0) is 22.6 Å². The molecule has 17 heavy (non-hydrogen) atoms. The average molecular weight is 366 g/mol. The Morgan fingerprint density at radius 1 is 1.53 bits per heavy atom. The molecule has 1 rings (SSSR count). The van der Waals surface area contributed by atoms with Crippen LogP contribution in [0.25, 0.3) is 0 Å². The van der Waals surface area contributed by atoms with Crippen molar-refractivity contribution in [3.8, 4) is 5.75 Å². The van der Waals surface area contributed by atoms with Gasteiger partial charge in [-0.2, -0.15) is 0 Å². The molecule has 0 saturated carbocycles. The molecule has 0 aliphatic rings. The summed E-state index contributed by atoms with van der Waals surface area (Å²) in [6.45, 7) is -1.46. The molecular weight excluding hydrogens is 363 g/mol. The lowest BCUT2D eigenvalue weighted by atomic mass is 10.2. The number of pyridine rings is 1. The number of ether oxygens (including phenoxy) is 1. The van der Waals surface area contributed by atoms with E-state index in [1.165, 1.54) is 22.6 Å². The number of alkyl halides is 4. The summed E-state index contributed by atoms with van der Waals surface area (Å²) < 4.78 is 51.7. The Kier molecular flexibility index (Phi) is 4.06. The number of nitro groups is 1. The van der Waals surface area contributed by atoms with E-state index in [-0.39, 0.29) is 3.70 Å². The maximum atomic E-state index is 12.6. The highest BCUT2D eigenvalue weighted by atomic mass is 127. The van der Waals surface area contributed by atoms with Crippen LogP contribution in [-0.2, 0) is 6.67 Å². The highest BCUT2D eigenvalue weighted by Crippen LogP contribution is 2.34. The first-order chi connectivity index (χ1) is 7.76. The molecule has 0 aromatic carbocycles. The van der Waals surface area contributed by atoms with Gasteiger partial charge >= 0.3 is 12.0 Å². The van der Waals surface area contributed by atoms with Crippen LogP contribution in [0.2, 0.25) is 0 Å². The molecule has 0 N–H and O–H groups in total. The van der Waals surface area contributed by atoms with Gasteiger partial charge in [0.25, 0.3) is 0 Å². The maximum Gasteiger partial charge on any atom is 0.573 e. The van der Waals surface area contributed by atoms with E-state index in [9.17, 15) is 27.7 Å². The Morgan fingerprint density at radius 3 is 2.53 bits per heavy atom. The Balaban J connectivity index is 3.33. The van der Waals surface area contributed by atoms with Crippen LogP contribution < -0.4 is 4.74 Å². The summed E-state index contributed by atoms with van der Waals surface area (Å²) in [7, 11) is 0. The van der Waals surface area contributed by atoms with E-state index >= 15 is 0 Å². The third-order valence-corrected chi connectivity index (χ3v) is 2.41. The van der Waals surface area contributed by atoms with E-state index < -0.39 is 35.0 Å². The van der Waals surface area contributed by atoms with Crippen LogP contribution in [0.4, 0.5) is 23.2 Å². The number of nitrogens with zero attached hydrogens (tertiary/aromatic N) is 2. The summed E-state index contributed by atoms with van der Waals surface area (Å²) in [5.41, 5.74) is -1.61. The number of rotatable bonds is 3. The summed E-state index contributed by atoms with van der Waals surface area (Å²) in [6, 6.07) is 0. The minimum Gasteiger partial charge on any atom is -0.403 e. The Labute approximate surface area is 105 Å². The van der Waals surface area contributed by atoms with Crippen LogP contribution in [0.5, 0.6) is 5.75 Å². The van der Waals surface area contributed by atoms with Crippen LogP contribution in [0.15, 0.2) is 6.20 Å². The quantitative estimate of drug-likeness (QED) is 0.271. The fourth-order valence-corrected chi connectivity index (χ4v) is 1.68. The number of halogens is 5. The lowest BCUT2D eigenvalue weighted by Gasteiger charge is -2.11. The summed E-state index contributed by atoms with van der Waals surface area (Å²) in [6.07, 6.45) is -4.47. The molecule has 0 aliphatic carbocycles. The zero-order valence-electron chi connectivity index (χ0n) is 7.79. The SMILES string of the molecule is O=[N+]([O-])c1c(I)ncc(OC(F)(F)F)c1CF. The molecule has 0 fully saturated rings. The van der Waals surface area contributed by atoms with Gasteiger partial charge in [0.15, 0.2) is 9.45 Å². The van der Waals surface area contributed by atoms with Gasteiger partial charge in [-0.15, -0.1) is 13.2 Å². The number of hydrogen-bond donors (Lipinski definition) is 0. The molecule has 1 aromatic rings. The number of hydrogen-bond acceptors (Lipinski definition) is 4. The minimum absolute atomic E-state index is 0.213. The van der Waals surface area contributed by atoms with E-state index in [0.717, 1.165) is 0 Å². The van der Waals surface area contributed by atoms with Crippen molar-refractivity contribution < 1.29 is 27.2 Å². The van der Waals surface area contributed by atoms with Gasteiger partial charge in [0.2, 0.25) is 0 Å². The highest BCUT2D eigenvalue weighted by molar-refractivity contribution is 14.1. The minimum atomic E-state index is -5.06. The molecule has 0 atom stereocenters. The highest BCUT2D eigenvalue weighted by Gasteiger charge is 2.35. The van der Waals surface area contributed by atoms with Gasteiger partial charge in [-0.3, -0.25) is 10.1 Å². The second kappa shape index (κ2) is 4.98. The molecule has 0 radical (unpaired) electrons. The first kappa shape index (κ1) is 13.9. The molecule has 0 unspecified atom stereocenters. The predicted octanol–water partition coefficient (Wildman–Crippen LogP) is 2.96. The van der Waals surface area contributed by atoms with Gasteiger partial charge in [-0.1, -0.05) is 0 Å². The lowest BCUT2D eigenvalue weighted by Crippen LogP contribution is -2.19. The van der Waals surface area contributed by atoms with Crippen molar-refractivity contribution in [2.45, 2.75) is 13.0 Å². The van der Waals surface area contributed by atoms with Crippen LogP contribution >= 0.6 is 22.6 Å². The molecule has 0 amide bonds. The maximum absolute atomic E-state index is 12.6.